The van der Waals surface area contributed by atoms with Gasteiger partial charge in [0.1, 0.15) is 6.10 Å². The molecule has 0 aliphatic heterocycles. The van der Waals surface area contributed by atoms with Crippen molar-refractivity contribution in [2.75, 3.05) is 19.3 Å². The molecular weight excluding hydrogens is 240 g/mol. The first-order valence-corrected chi connectivity index (χ1v) is 6.41. The van der Waals surface area contributed by atoms with Crippen LogP contribution in [0, 0.1) is 0 Å². The normalized spacial score (nSPS) is 14.5. The van der Waals surface area contributed by atoms with E-state index in [4.69, 9.17) is 5.73 Å². The van der Waals surface area contributed by atoms with E-state index >= 15 is 0 Å². The van der Waals surface area contributed by atoms with E-state index in [9.17, 15) is 10.2 Å². The van der Waals surface area contributed by atoms with E-state index in [-0.39, 0.29) is 0 Å². The zero-order valence-corrected chi connectivity index (χ0v) is 11.0. The summed E-state index contributed by atoms with van der Waals surface area (Å²) in [6, 6.07) is 11.3. The van der Waals surface area contributed by atoms with Crippen LogP contribution in [0.4, 0.5) is 5.69 Å². The number of benzene rings is 2. The Morgan fingerprint density at radius 3 is 2.53 bits per heavy atom. The second kappa shape index (κ2) is 6.02. The van der Waals surface area contributed by atoms with Gasteiger partial charge in [-0.2, -0.15) is 0 Å². The van der Waals surface area contributed by atoms with Crippen molar-refractivity contribution in [2.45, 2.75) is 18.6 Å². The van der Waals surface area contributed by atoms with Crippen LogP contribution in [0.1, 0.15) is 18.1 Å². The van der Waals surface area contributed by atoms with Crippen LogP contribution >= 0.6 is 0 Å². The standard InChI is InChI=1S/C15H20N2O2/c1-17-7-6-14(18)15(19)12-3-2-11-9-13(16)5-4-10(11)8-12/h2-5,8-9,14-15,17-19H,6-7,16H2,1H3. The molecule has 0 amide bonds. The second-order valence-electron chi connectivity index (χ2n) is 4.77. The van der Waals surface area contributed by atoms with Crippen molar-refractivity contribution < 1.29 is 10.2 Å². The largest absolute Gasteiger partial charge is 0.399 e. The molecule has 0 heterocycles. The number of aliphatic hydroxyl groups is 2. The van der Waals surface area contributed by atoms with Gasteiger partial charge in [0.15, 0.2) is 0 Å². The van der Waals surface area contributed by atoms with Gasteiger partial charge >= 0.3 is 0 Å². The highest BCUT2D eigenvalue weighted by Gasteiger charge is 2.17. The molecule has 19 heavy (non-hydrogen) atoms. The minimum Gasteiger partial charge on any atom is -0.399 e. The van der Waals surface area contributed by atoms with E-state index in [0.717, 1.165) is 22.0 Å². The van der Waals surface area contributed by atoms with Crippen LogP contribution in [0.5, 0.6) is 0 Å². The summed E-state index contributed by atoms with van der Waals surface area (Å²) in [5.41, 5.74) is 7.17. The number of nitrogen functional groups attached to an aromatic ring is 1. The smallest absolute Gasteiger partial charge is 0.105 e. The van der Waals surface area contributed by atoms with Gasteiger partial charge in [-0.1, -0.05) is 18.2 Å². The van der Waals surface area contributed by atoms with E-state index in [1.165, 1.54) is 0 Å². The van der Waals surface area contributed by atoms with Gasteiger partial charge in [-0.25, -0.2) is 0 Å². The summed E-state index contributed by atoms with van der Waals surface area (Å²) in [7, 11) is 1.82. The van der Waals surface area contributed by atoms with Crippen molar-refractivity contribution in [3.63, 3.8) is 0 Å². The fourth-order valence-corrected chi connectivity index (χ4v) is 2.14. The van der Waals surface area contributed by atoms with Crippen LogP contribution < -0.4 is 11.1 Å². The summed E-state index contributed by atoms with van der Waals surface area (Å²) in [5.74, 6) is 0. The highest BCUT2D eigenvalue weighted by Crippen LogP contribution is 2.24. The molecule has 2 unspecified atom stereocenters. The Hall–Kier alpha value is -1.62. The highest BCUT2D eigenvalue weighted by atomic mass is 16.3. The summed E-state index contributed by atoms with van der Waals surface area (Å²) in [6.07, 6.45) is -1.12. The Balaban J connectivity index is 2.22. The Bertz CT molecular complexity index is 557. The average molecular weight is 260 g/mol. The van der Waals surface area contributed by atoms with Gasteiger partial charge in [-0.05, 0) is 54.5 Å². The van der Waals surface area contributed by atoms with Gasteiger partial charge in [0.05, 0.1) is 6.10 Å². The quantitative estimate of drug-likeness (QED) is 0.613. The number of anilines is 1. The van der Waals surface area contributed by atoms with Gasteiger partial charge < -0.3 is 21.3 Å². The molecule has 0 aromatic heterocycles. The molecule has 102 valence electrons. The van der Waals surface area contributed by atoms with E-state index in [1.807, 2.05) is 43.4 Å². The first kappa shape index (κ1) is 13.8. The zero-order chi connectivity index (χ0) is 13.8. The summed E-state index contributed by atoms with van der Waals surface area (Å²) in [4.78, 5) is 0. The van der Waals surface area contributed by atoms with Crippen molar-refractivity contribution >= 4 is 16.5 Å². The first-order valence-electron chi connectivity index (χ1n) is 6.41. The van der Waals surface area contributed by atoms with Gasteiger partial charge in [-0.3, -0.25) is 0 Å². The third kappa shape index (κ3) is 3.23. The Labute approximate surface area is 112 Å². The van der Waals surface area contributed by atoms with Gasteiger partial charge in [0.2, 0.25) is 0 Å². The van der Waals surface area contributed by atoms with Crippen molar-refractivity contribution in [3.05, 3.63) is 42.0 Å². The number of hydrogen-bond acceptors (Lipinski definition) is 4. The topological polar surface area (TPSA) is 78.5 Å². The van der Waals surface area contributed by atoms with E-state index < -0.39 is 12.2 Å². The molecule has 0 saturated heterocycles. The molecule has 0 radical (unpaired) electrons. The van der Waals surface area contributed by atoms with Gasteiger partial charge in [0.25, 0.3) is 0 Å². The monoisotopic (exact) mass is 260 g/mol. The highest BCUT2D eigenvalue weighted by molar-refractivity contribution is 5.86. The lowest BCUT2D eigenvalue weighted by atomic mass is 9.98. The fourth-order valence-electron chi connectivity index (χ4n) is 2.14. The average Bonchev–Trinajstić information content (AvgIpc) is 2.43. The molecule has 2 atom stereocenters. The number of nitrogens with one attached hydrogen (secondary N) is 1. The minimum atomic E-state index is -0.865. The molecule has 0 aliphatic carbocycles. The molecular formula is C15H20N2O2. The van der Waals surface area contributed by atoms with Crippen LogP contribution in [0.3, 0.4) is 0 Å². The molecule has 2 rings (SSSR count). The molecule has 2 aromatic rings. The summed E-state index contributed by atoms with van der Waals surface area (Å²) in [6.45, 7) is 0.669. The third-order valence-corrected chi connectivity index (χ3v) is 3.28. The maximum Gasteiger partial charge on any atom is 0.105 e. The van der Waals surface area contributed by atoms with E-state index in [0.29, 0.717) is 13.0 Å². The number of rotatable bonds is 5. The lowest BCUT2D eigenvalue weighted by molar-refractivity contribution is 0.0141. The zero-order valence-electron chi connectivity index (χ0n) is 11.0. The van der Waals surface area contributed by atoms with Gasteiger partial charge in [0, 0.05) is 5.69 Å². The van der Waals surface area contributed by atoms with Crippen molar-refractivity contribution in [1.82, 2.24) is 5.32 Å². The van der Waals surface area contributed by atoms with Crippen molar-refractivity contribution in [1.29, 1.82) is 0 Å². The van der Waals surface area contributed by atoms with E-state index in [1.54, 1.807) is 0 Å². The molecule has 2 aromatic carbocycles. The molecule has 0 fully saturated rings. The molecule has 4 heteroatoms. The number of hydrogen-bond donors (Lipinski definition) is 4. The van der Waals surface area contributed by atoms with Crippen LogP contribution in [0.2, 0.25) is 0 Å². The van der Waals surface area contributed by atoms with E-state index in [2.05, 4.69) is 5.32 Å². The molecule has 4 nitrogen and oxygen atoms in total. The molecule has 0 saturated carbocycles. The van der Waals surface area contributed by atoms with Crippen molar-refractivity contribution in [2.24, 2.45) is 0 Å². The van der Waals surface area contributed by atoms with Crippen LogP contribution in [-0.4, -0.2) is 29.9 Å². The third-order valence-electron chi connectivity index (χ3n) is 3.28. The fraction of sp³-hybridized carbons (Fsp3) is 0.333. The Morgan fingerprint density at radius 2 is 1.79 bits per heavy atom. The lowest BCUT2D eigenvalue weighted by Crippen LogP contribution is -2.23. The second-order valence-corrected chi connectivity index (χ2v) is 4.77. The SMILES string of the molecule is CNCCC(O)C(O)c1ccc2cc(N)ccc2c1. The molecule has 0 bridgehead atoms. The summed E-state index contributed by atoms with van der Waals surface area (Å²) in [5, 5.41) is 25.0. The number of fused-ring (bicyclic) bond motifs is 1. The Kier molecular flexibility index (Phi) is 4.37. The van der Waals surface area contributed by atoms with Crippen LogP contribution in [0.15, 0.2) is 36.4 Å². The van der Waals surface area contributed by atoms with Crippen molar-refractivity contribution in [3.8, 4) is 0 Å². The minimum absolute atomic E-state index is 0.511. The molecule has 5 N–H and O–H groups in total. The summed E-state index contributed by atoms with van der Waals surface area (Å²) < 4.78 is 0. The molecule has 0 spiro atoms. The maximum atomic E-state index is 10.1. The lowest BCUT2D eigenvalue weighted by Gasteiger charge is -2.18. The van der Waals surface area contributed by atoms with Gasteiger partial charge in [-0.15, -0.1) is 0 Å². The maximum absolute atomic E-state index is 10.1. The number of aliphatic hydroxyl groups excluding tert-OH is 2. The Morgan fingerprint density at radius 1 is 1.11 bits per heavy atom. The predicted molar refractivity (Wildman–Crippen MR) is 77.9 cm³/mol. The van der Waals surface area contributed by atoms with Crippen LogP contribution in [0.25, 0.3) is 10.8 Å². The first-order chi connectivity index (χ1) is 9.11. The van der Waals surface area contributed by atoms with Crippen LogP contribution in [-0.2, 0) is 0 Å². The predicted octanol–water partition coefficient (Wildman–Crippen LogP) is 1.43. The summed E-state index contributed by atoms with van der Waals surface area (Å²) >= 11 is 0. The molecule has 0 aliphatic rings. The number of nitrogens with two attached hydrogens (primary N) is 1.